The number of primary amides is 1. The molecule has 5 nitrogen and oxygen atoms in total. The number of hydrogen-bond donors (Lipinski definition) is 1. The molecule has 0 aromatic carbocycles. The van der Waals surface area contributed by atoms with Gasteiger partial charge in [-0.3, -0.25) is 9.36 Å². The van der Waals surface area contributed by atoms with Gasteiger partial charge in [-0.2, -0.15) is 0 Å². The molecule has 0 heterocycles. The van der Waals surface area contributed by atoms with Gasteiger partial charge in [0.25, 0.3) is 0 Å². The molecule has 0 rings (SSSR count). The van der Waals surface area contributed by atoms with Gasteiger partial charge in [-0.1, -0.05) is 26.7 Å². The summed E-state index contributed by atoms with van der Waals surface area (Å²) in [4.78, 5) is 10.8. The van der Waals surface area contributed by atoms with E-state index in [1.54, 1.807) is 0 Å². The van der Waals surface area contributed by atoms with Crippen LogP contribution in [0.4, 0.5) is 0 Å². The summed E-state index contributed by atoms with van der Waals surface area (Å²) in [5.74, 6) is -0.656. The second-order valence-electron chi connectivity index (χ2n) is 3.61. The Morgan fingerprint density at radius 2 is 1.56 bits per heavy atom. The first-order valence-electron chi connectivity index (χ1n) is 5.70. The zero-order chi connectivity index (χ0) is 12.4. The largest absolute Gasteiger partial charge is 0.369 e. The molecular formula is C10H22NO4P. The van der Waals surface area contributed by atoms with Gasteiger partial charge in [-0.15, -0.1) is 0 Å². The van der Waals surface area contributed by atoms with Gasteiger partial charge >= 0.3 is 7.60 Å². The third-order valence-corrected chi connectivity index (χ3v) is 3.77. The number of nitrogens with two attached hydrogens (primary N) is 1. The van der Waals surface area contributed by atoms with E-state index in [2.05, 4.69) is 0 Å². The second kappa shape index (κ2) is 8.74. The molecule has 0 aliphatic heterocycles. The molecule has 2 N–H and O–H groups in total. The third kappa shape index (κ3) is 7.85. The van der Waals surface area contributed by atoms with Gasteiger partial charge in [0, 0.05) is 0 Å². The van der Waals surface area contributed by atoms with Crippen LogP contribution in [0.1, 0.15) is 39.5 Å². The van der Waals surface area contributed by atoms with Crippen molar-refractivity contribution in [3.05, 3.63) is 0 Å². The summed E-state index contributed by atoms with van der Waals surface area (Å²) < 4.78 is 22.3. The SMILES string of the molecule is CCCCOP(=O)(CC(N)=O)OCCCC. The van der Waals surface area contributed by atoms with E-state index in [-0.39, 0.29) is 6.16 Å². The highest BCUT2D eigenvalue weighted by Crippen LogP contribution is 2.47. The highest BCUT2D eigenvalue weighted by molar-refractivity contribution is 7.54. The van der Waals surface area contributed by atoms with Crippen LogP contribution in [0, 0.1) is 0 Å². The van der Waals surface area contributed by atoms with Crippen LogP contribution in [0.15, 0.2) is 0 Å². The summed E-state index contributed by atoms with van der Waals surface area (Å²) >= 11 is 0. The fraction of sp³-hybridized carbons (Fsp3) is 0.900. The van der Waals surface area contributed by atoms with Crippen molar-refractivity contribution < 1.29 is 18.4 Å². The first kappa shape index (κ1) is 15.6. The molecule has 0 aliphatic rings. The van der Waals surface area contributed by atoms with E-state index >= 15 is 0 Å². The zero-order valence-electron chi connectivity index (χ0n) is 10.1. The summed E-state index contributed by atoms with van der Waals surface area (Å²) in [7, 11) is -3.31. The van der Waals surface area contributed by atoms with Gasteiger partial charge in [0.15, 0.2) is 0 Å². The molecule has 6 heteroatoms. The third-order valence-electron chi connectivity index (χ3n) is 1.92. The predicted octanol–water partition coefficient (Wildman–Crippen LogP) is 2.30. The molecule has 0 spiro atoms. The topological polar surface area (TPSA) is 78.6 Å². The monoisotopic (exact) mass is 251 g/mol. The molecule has 0 atom stereocenters. The normalized spacial score (nSPS) is 11.6. The van der Waals surface area contributed by atoms with E-state index in [1.165, 1.54) is 0 Å². The number of carbonyl (C=O) groups is 1. The molecule has 0 radical (unpaired) electrons. The van der Waals surface area contributed by atoms with Crippen molar-refractivity contribution in [2.45, 2.75) is 39.5 Å². The number of rotatable bonds is 10. The molecule has 0 saturated carbocycles. The van der Waals surface area contributed by atoms with E-state index in [4.69, 9.17) is 14.8 Å². The Morgan fingerprint density at radius 1 is 1.12 bits per heavy atom. The Hall–Kier alpha value is -0.380. The Bertz CT molecular complexity index is 231. The van der Waals surface area contributed by atoms with Crippen LogP contribution in [-0.4, -0.2) is 25.3 Å². The minimum Gasteiger partial charge on any atom is -0.369 e. The Kier molecular flexibility index (Phi) is 8.53. The molecule has 0 aromatic rings. The van der Waals surface area contributed by atoms with Gasteiger partial charge in [0.1, 0.15) is 6.16 Å². The fourth-order valence-electron chi connectivity index (χ4n) is 1.02. The summed E-state index contributed by atoms with van der Waals surface area (Å²) in [5, 5.41) is 0. The minimum atomic E-state index is -3.31. The van der Waals surface area contributed by atoms with Crippen LogP contribution in [0.5, 0.6) is 0 Å². The maximum Gasteiger partial charge on any atom is 0.340 e. The highest BCUT2D eigenvalue weighted by Gasteiger charge is 2.26. The Morgan fingerprint density at radius 3 is 1.88 bits per heavy atom. The molecule has 16 heavy (non-hydrogen) atoms. The fourth-order valence-corrected chi connectivity index (χ4v) is 2.47. The summed E-state index contributed by atoms with van der Waals surface area (Å²) in [5.41, 5.74) is 5.02. The van der Waals surface area contributed by atoms with Crippen molar-refractivity contribution in [1.82, 2.24) is 0 Å². The molecule has 0 aliphatic carbocycles. The van der Waals surface area contributed by atoms with E-state index in [0.717, 1.165) is 25.7 Å². The summed E-state index contributed by atoms with van der Waals surface area (Å²) in [6, 6.07) is 0. The average Bonchev–Trinajstić information content (AvgIpc) is 2.17. The number of hydrogen-bond acceptors (Lipinski definition) is 4. The highest BCUT2D eigenvalue weighted by atomic mass is 31.2. The predicted molar refractivity (Wildman–Crippen MR) is 63.4 cm³/mol. The lowest BCUT2D eigenvalue weighted by Crippen LogP contribution is -2.18. The number of unbranched alkanes of at least 4 members (excludes halogenated alkanes) is 2. The Balaban J connectivity index is 4.13. The summed E-state index contributed by atoms with van der Waals surface area (Å²) in [6.45, 7) is 4.68. The minimum absolute atomic E-state index is 0.333. The zero-order valence-corrected chi connectivity index (χ0v) is 11.0. The molecule has 96 valence electrons. The van der Waals surface area contributed by atoms with E-state index in [1.807, 2.05) is 13.8 Å². The lowest BCUT2D eigenvalue weighted by atomic mass is 10.4. The van der Waals surface area contributed by atoms with Gasteiger partial charge in [0.05, 0.1) is 13.2 Å². The van der Waals surface area contributed by atoms with Crippen molar-refractivity contribution in [3.63, 3.8) is 0 Å². The van der Waals surface area contributed by atoms with Crippen LogP contribution >= 0.6 is 7.60 Å². The number of amides is 1. The van der Waals surface area contributed by atoms with Gasteiger partial charge in [-0.25, -0.2) is 0 Å². The lowest BCUT2D eigenvalue weighted by Gasteiger charge is -2.16. The molecule has 0 bridgehead atoms. The lowest BCUT2D eigenvalue weighted by molar-refractivity contribution is -0.115. The molecular weight excluding hydrogens is 229 g/mol. The first-order chi connectivity index (χ1) is 7.54. The van der Waals surface area contributed by atoms with Crippen LogP contribution < -0.4 is 5.73 Å². The van der Waals surface area contributed by atoms with Crippen molar-refractivity contribution in [3.8, 4) is 0 Å². The van der Waals surface area contributed by atoms with Crippen LogP contribution in [0.2, 0.25) is 0 Å². The van der Waals surface area contributed by atoms with E-state index in [9.17, 15) is 9.36 Å². The van der Waals surface area contributed by atoms with Crippen molar-refractivity contribution in [1.29, 1.82) is 0 Å². The summed E-state index contributed by atoms with van der Waals surface area (Å²) in [6.07, 6.45) is 3.12. The molecule has 0 unspecified atom stereocenters. The second-order valence-corrected chi connectivity index (χ2v) is 5.66. The average molecular weight is 251 g/mol. The molecule has 0 fully saturated rings. The van der Waals surface area contributed by atoms with Crippen molar-refractivity contribution in [2.24, 2.45) is 5.73 Å². The molecule has 0 aromatic heterocycles. The smallest absolute Gasteiger partial charge is 0.340 e. The molecule has 0 saturated heterocycles. The van der Waals surface area contributed by atoms with Crippen LogP contribution in [0.3, 0.4) is 0 Å². The first-order valence-corrected chi connectivity index (χ1v) is 7.43. The quantitative estimate of drug-likeness (QED) is 0.477. The van der Waals surface area contributed by atoms with Crippen molar-refractivity contribution >= 4 is 13.5 Å². The van der Waals surface area contributed by atoms with Crippen molar-refractivity contribution in [2.75, 3.05) is 19.4 Å². The Labute approximate surface area is 97.2 Å². The van der Waals surface area contributed by atoms with E-state index in [0.29, 0.717) is 13.2 Å². The van der Waals surface area contributed by atoms with Crippen LogP contribution in [-0.2, 0) is 18.4 Å². The van der Waals surface area contributed by atoms with Crippen LogP contribution in [0.25, 0.3) is 0 Å². The standard InChI is InChI=1S/C10H22NO4P/c1-3-5-7-14-16(13,9-10(11)12)15-8-6-4-2/h3-9H2,1-2H3,(H2,11,12). The number of carbonyl (C=O) groups excluding carboxylic acids is 1. The van der Waals surface area contributed by atoms with Gasteiger partial charge in [-0.05, 0) is 12.8 Å². The van der Waals surface area contributed by atoms with E-state index < -0.39 is 13.5 Å². The maximum atomic E-state index is 12.0. The van der Waals surface area contributed by atoms with Gasteiger partial charge in [0.2, 0.25) is 5.91 Å². The maximum absolute atomic E-state index is 12.0. The van der Waals surface area contributed by atoms with Gasteiger partial charge < -0.3 is 14.8 Å². The molecule has 1 amide bonds.